The van der Waals surface area contributed by atoms with Gasteiger partial charge in [-0.15, -0.1) is 0 Å². The molecule has 2 aromatic heterocycles. The Morgan fingerprint density at radius 1 is 1.25 bits per heavy atom. The summed E-state index contributed by atoms with van der Waals surface area (Å²) in [6, 6.07) is 0. The van der Waals surface area contributed by atoms with Gasteiger partial charge in [-0.05, 0) is 19.8 Å². The van der Waals surface area contributed by atoms with E-state index in [2.05, 4.69) is 9.97 Å². The van der Waals surface area contributed by atoms with Gasteiger partial charge in [0.15, 0.2) is 5.65 Å². The summed E-state index contributed by atoms with van der Waals surface area (Å²) in [6.45, 7) is 1.69. The SMILES string of the molecule is COC(=O)[C@@H](C)Sc1nc(C2CC2)nc2c1c(=O)n(C)c(=O)n2C. The van der Waals surface area contributed by atoms with Gasteiger partial charge in [0.25, 0.3) is 5.56 Å². The highest BCUT2D eigenvalue weighted by atomic mass is 32.2. The van der Waals surface area contributed by atoms with E-state index in [1.54, 1.807) is 14.0 Å². The Bertz CT molecular complexity index is 945. The molecule has 2 aromatic rings. The van der Waals surface area contributed by atoms with E-state index in [1.165, 1.54) is 18.7 Å². The molecule has 0 aliphatic heterocycles. The average molecular weight is 350 g/mol. The molecule has 0 aromatic carbocycles. The number of methoxy groups -OCH3 is 1. The van der Waals surface area contributed by atoms with Crippen LogP contribution in [0.15, 0.2) is 14.6 Å². The van der Waals surface area contributed by atoms with Crippen LogP contribution >= 0.6 is 11.8 Å². The number of hydrogen-bond acceptors (Lipinski definition) is 7. The summed E-state index contributed by atoms with van der Waals surface area (Å²) >= 11 is 1.15. The maximum absolute atomic E-state index is 12.6. The van der Waals surface area contributed by atoms with Crippen molar-refractivity contribution in [2.75, 3.05) is 7.11 Å². The van der Waals surface area contributed by atoms with Crippen molar-refractivity contribution in [1.82, 2.24) is 19.1 Å². The van der Waals surface area contributed by atoms with E-state index in [0.717, 1.165) is 29.2 Å². The molecule has 1 atom stereocenters. The highest BCUT2D eigenvalue weighted by Crippen LogP contribution is 2.39. The van der Waals surface area contributed by atoms with Crippen LogP contribution < -0.4 is 11.2 Å². The molecule has 1 aliphatic rings. The molecule has 1 fully saturated rings. The first kappa shape index (κ1) is 16.7. The molecule has 8 nitrogen and oxygen atoms in total. The molecule has 0 radical (unpaired) electrons. The number of aromatic nitrogens is 4. The Morgan fingerprint density at radius 2 is 1.92 bits per heavy atom. The lowest BCUT2D eigenvalue weighted by atomic mass is 10.3. The normalized spacial score (nSPS) is 15.5. The van der Waals surface area contributed by atoms with Crippen molar-refractivity contribution in [2.45, 2.75) is 36.0 Å². The lowest BCUT2D eigenvalue weighted by Gasteiger charge is -2.13. The summed E-state index contributed by atoms with van der Waals surface area (Å²) in [5.74, 6) is 0.466. The fourth-order valence-electron chi connectivity index (χ4n) is 2.44. The van der Waals surface area contributed by atoms with Crippen LogP contribution in [0.3, 0.4) is 0 Å². The Kier molecular flexibility index (Phi) is 4.20. The molecule has 9 heteroatoms. The molecule has 0 N–H and O–H groups in total. The van der Waals surface area contributed by atoms with Gasteiger partial charge in [0.2, 0.25) is 0 Å². The van der Waals surface area contributed by atoms with E-state index in [4.69, 9.17) is 4.74 Å². The Morgan fingerprint density at radius 3 is 2.50 bits per heavy atom. The van der Waals surface area contributed by atoms with Crippen LogP contribution in [0.2, 0.25) is 0 Å². The third-order valence-corrected chi connectivity index (χ3v) is 5.11. The smallest absolute Gasteiger partial charge is 0.332 e. The second kappa shape index (κ2) is 6.04. The summed E-state index contributed by atoms with van der Waals surface area (Å²) in [5.41, 5.74) is -0.598. The zero-order valence-electron chi connectivity index (χ0n) is 13.9. The van der Waals surface area contributed by atoms with Gasteiger partial charge in [0, 0.05) is 20.0 Å². The number of hydrogen-bond donors (Lipinski definition) is 0. The monoisotopic (exact) mass is 350 g/mol. The number of carbonyl (C=O) groups is 1. The van der Waals surface area contributed by atoms with Crippen molar-refractivity contribution in [2.24, 2.45) is 14.1 Å². The molecular weight excluding hydrogens is 332 g/mol. The second-order valence-corrected chi connectivity index (χ2v) is 7.18. The van der Waals surface area contributed by atoms with Crippen LogP contribution in [0, 0.1) is 0 Å². The van der Waals surface area contributed by atoms with Crippen molar-refractivity contribution in [1.29, 1.82) is 0 Å². The van der Waals surface area contributed by atoms with Crippen LogP contribution in [0.1, 0.15) is 31.5 Å². The zero-order valence-corrected chi connectivity index (χ0v) is 14.7. The summed E-state index contributed by atoms with van der Waals surface area (Å²) in [4.78, 5) is 45.4. The van der Waals surface area contributed by atoms with E-state index in [9.17, 15) is 14.4 Å². The van der Waals surface area contributed by atoms with Crippen molar-refractivity contribution in [3.8, 4) is 0 Å². The molecule has 24 heavy (non-hydrogen) atoms. The minimum absolute atomic E-state index is 0.251. The van der Waals surface area contributed by atoms with E-state index in [1.807, 2.05) is 0 Å². The Balaban J connectivity index is 2.27. The summed E-state index contributed by atoms with van der Waals surface area (Å²) in [7, 11) is 4.30. The van der Waals surface area contributed by atoms with Gasteiger partial charge in [0.1, 0.15) is 21.5 Å². The van der Waals surface area contributed by atoms with Gasteiger partial charge in [-0.3, -0.25) is 18.7 Å². The minimum atomic E-state index is -0.526. The number of nitrogens with zero attached hydrogens (tertiary/aromatic N) is 4. The van der Waals surface area contributed by atoms with Gasteiger partial charge < -0.3 is 4.74 Å². The van der Waals surface area contributed by atoms with E-state index >= 15 is 0 Å². The Labute approximate surface area is 141 Å². The first-order valence-corrected chi connectivity index (χ1v) is 8.45. The maximum atomic E-state index is 12.6. The van der Waals surface area contributed by atoms with Crippen molar-refractivity contribution >= 4 is 28.8 Å². The van der Waals surface area contributed by atoms with Gasteiger partial charge >= 0.3 is 11.7 Å². The molecule has 0 spiro atoms. The summed E-state index contributed by atoms with van der Waals surface area (Å²) < 4.78 is 7.11. The third kappa shape index (κ3) is 2.72. The van der Waals surface area contributed by atoms with E-state index in [-0.39, 0.29) is 11.3 Å². The fraction of sp³-hybridized carbons (Fsp3) is 0.533. The standard InChI is InChI=1S/C15H18N4O4S/c1-7(14(21)23-4)24-12-9-11(16-10(17-12)8-5-6-8)18(2)15(22)19(3)13(9)20/h7-8H,5-6H2,1-4H3/t7-/m1/s1. The fourth-order valence-corrected chi connectivity index (χ4v) is 3.41. The van der Waals surface area contributed by atoms with Crippen LogP contribution in [0.5, 0.6) is 0 Å². The number of rotatable bonds is 4. The third-order valence-electron chi connectivity index (χ3n) is 4.05. The summed E-state index contributed by atoms with van der Waals surface area (Å²) in [6.07, 6.45) is 1.97. The predicted octanol–water partition coefficient (Wildman–Crippen LogP) is 0.558. The van der Waals surface area contributed by atoms with Gasteiger partial charge in [-0.25, -0.2) is 14.8 Å². The number of ether oxygens (including phenoxy) is 1. The van der Waals surface area contributed by atoms with Crippen molar-refractivity contribution in [3.05, 3.63) is 26.7 Å². The van der Waals surface area contributed by atoms with Gasteiger partial charge in [-0.1, -0.05) is 11.8 Å². The molecule has 128 valence electrons. The lowest BCUT2D eigenvalue weighted by Crippen LogP contribution is -2.38. The quantitative estimate of drug-likeness (QED) is 0.451. The average Bonchev–Trinajstić information content (AvgIpc) is 3.41. The van der Waals surface area contributed by atoms with Crippen molar-refractivity contribution < 1.29 is 9.53 Å². The highest BCUT2D eigenvalue weighted by molar-refractivity contribution is 8.00. The number of aryl methyl sites for hydroxylation is 1. The minimum Gasteiger partial charge on any atom is -0.468 e. The van der Waals surface area contributed by atoms with Gasteiger partial charge in [0.05, 0.1) is 7.11 Å². The first-order chi connectivity index (χ1) is 11.3. The maximum Gasteiger partial charge on any atom is 0.332 e. The number of esters is 1. The van der Waals surface area contributed by atoms with Gasteiger partial charge in [-0.2, -0.15) is 0 Å². The molecule has 1 saturated carbocycles. The number of thioether (sulfide) groups is 1. The molecule has 0 amide bonds. The first-order valence-electron chi connectivity index (χ1n) is 7.57. The van der Waals surface area contributed by atoms with E-state index in [0.29, 0.717) is 16.5 Å². The van der Waals surface area contributed by atoms with E-state index < -0.39 is 22.5 Å². The summed E-state index contributed by atoms with van der Waals surface area (Å²) in [5, 5.41) is 0.142. The molecule has 0 unspecified atom stereocenters. The predicted molar refractivity (Wildman–Crippen MR) is 89.3 cm³/mol. The topological polar surface area (TPSA) is 96.1 Å². The number of carbonyl (C=O) groups excluding carboxylic acids is 1. The van der Waals surface area contributed by atoms with Crippen LogP contribution in [0.25, 0.3) is 11.0 Å². The van der Waals surface area contributed by atoms with Crippen LogP contribution in [0.4, 0.5) is 0 Å². The zero-order chi connectivity index (χ0) is 17.6. The molecule has 1 aliphatic carbocycles. The van der Waals surface area contributed by atoms with Crippen LogP contribution in [-0.2, 0) is 23.6 Å². The molecule has 3 rings (SSSR count). The highest BCUT2D eigenvalue weighted by Gasteiger charge is 2.30. The molecule has 2 heterocycles. The largest absolute Gasteiger partial charge is 0.468 e. The Hall–Kier alpha value is -2.16. The number of fused-ring (bicyclic) bond motifs is 1. The molecule has 0 saturated heterocycles. The molecular formula is C15H18N4O4S. The lowest BCUT2D eigenvalue weighted by molar-refractivity contribution is -0.139. The van der Waals surface area contributed by atoms with Crippen LogP contribution in [-0.4, -0.2) is 37.4 Å². The molecule has 0 bridgehead atoms. The van der Waals surface area contributed by atoms with Crippen molar-refractivity contribution in [3.63, 3.8) is 0 Å². The second-order valence-electron chi connectivity index (χ2n) is 5.85.